The Hall–Kier alpha value is -0.600. The Morgan fingerprint density at radius 2 is 1.55 bits per heavy atom. The minimum absolute atomic E-state index is 0.252. The van der Waals surface area contributed by atoms with Gasteiger partial charge in [-0.05, 0) is 47.6 Å². The Morgan fingerprint density at radius 3 is 2.10 bits per heavy atom. The van der Waals surface area contributed by atoms with Gasteiger partial charge in [-0.1, -0.05) is 82.1 Å². The van der Waals surface area contributed by atoms with E-state index in [4.69, 9.17) is 0 Å². The molecule has 0 saturated carbocycles. The number of hydrogen-bond donors (Lipinski definition) is 0. The van der Waals surface area contributed by atoms with E-state index >= 15 is 0 Å². The van der Waals surface area contributed by atoms with Crippen LogP contribution < -0.4 is 0 Å². The zero-order valence-corrected chi connectivity index (χ0v) is 15.3. The van der Waals surface area contributed by atoms with Crippen molar-refractivity contribution in [3.05, 3.63) is 69.2 Å². The smallest absolute Gasteiger partial charge is 0.0644 e. The third kappa shape index (κ3) is 3.95. The molecule has 1 unspecified atom stereocenters. The summed E-state index contributed by atoms with van der Waals surface area (Å²) in [6.45, 7) is 6.64. The van der Waals surface area contributed by atoms with E-state index in [0.29, 0.717) is 5.92 Å². The highest BCUT2D eigenvalue weighted by molar-refractivity contribution is 9.10. The summed E-state index contributed by atoms with van der Waals surface area (Å²) in [5.74, 6) is 0.703. The fraction of sp³-hybridized carbons (Fsp3) is 0.333. The fourth-order valence-electron chi connectivity index (χ4n) is 2.31. The molecule has 0 saturated heterocycles. The van der Waals surface area contributed by atoms with Crippen LogP contribution in [0.4, 0.5) is 0 Å². The zero-order chi connectivity index (χ0) is 14.7. The minimum atomic E-state index is 0.252. The van der Waals surface area contributed by atoms with E-state index in [9.17, 15) is 0 Å². The predicted octanol–water partition coefficient (Wildman–Crippen LogP) is 6.44. The fourth-order valence-corrected chi connectivity index (χ4v) is 3.15. The normalized spacial score (nSPS) is 12.7. The molecule has 0 amide bonds. The number of halogens is 2. The molecule has 2 aromatic rings. The molecule has 20 heavy (non-hydrogen) atoms. The van der Waals surface area contributed by atoms with Crippen molar-refractivity contribution in [2.45, 2.75) is 32.0 Å². The maximum absolute atomic E-state index is 3.81. The quantitative estimate of drug-likeness (QED) is 0.522. The average molecular weight is 396 g/mol. The van der Waals surface area contributed by atoms with E-state index in [1.807, 2.05) is 0 Å². The Labute approximate surface area is 138 Å². The number of rotatable bonds is 4. The van der Waals surface area contributed by atoms with E-state index < -0.39 is 0 Å². The van der Waals surface area contributed by atoms with Gasteiger partial charge in [0.25, 0.3) is 0 Å². The number of benzene rings is 2. The molecule has 0 N–H and O–H groups in total. The van der Waals surface area contributed by atoms with Gasteiger partial charge in [0.1, 0.15) is 0 Å². The number of alkyl halides is 1. The van der Waals surface area contributed by atoms with Gasteiger partial charge in [-0.2, -0.15) is 0 Å². The van der Waals surface area contributed by atoms with Crippen LogP contribution >= 0.6 is 31.9 Å². The average Bonchev–Trinajstić information content (AvgIpc) is 2.41. The van der Waals surface area contributed by atoms with Crippen LogP contribution in [0.5, 0.6) is 0 Å². The SMILES string of the molecule is Cc1cc(C(Br)c2ccc(CC(C)C)cc2)ccc1Br. The van der Waals surface area contributed by atoms with Gasteiger partial charge in [-0.25, -0.2) is 0 Å². The lowest BCUT2D eigenvalue weighted by Gasteiger charge is -2.13. The molecule has 0 aliphatic heterocycles. The Bertz CT molecular complexity index is 570. The largest absolute Gasteiger partial charge is 0.0786 e. The molecule has 0 aromatic heterocycles. The van der Waals surface area contributed by atoms with Gasteiger partial charge < -0.3 is 0 Å². The van der Waals surface area contributed by atoms with E-state index in [1.54, 1.807) is 0 Å². The second-order valence-electron chi connectivity index (χ2n) is 5.71. The van der Waals surface area contributed by atoms with Crippen LogP contribution in [0.25, 0.3) is 0 Å². The zero-order valence-electron chi connectivity index (χ0n) is 12.2. The monoisotopic (exact) mass is 394 g/mol. The van der Waals surface area contributed by atoms with E-state index in [1.165, 1.54) is 22.3 Å². The third-order valence-corrected chi connectivity index (χ3v) is 5.34. The molecule has 0 bridgehead atoms. The van der Waals surface area contributed by atoms with Crippen LogP contribution in [-0.4, -0.2) is 0 Å². The highest BCUT2D eigenvalue weighted by Gasteiger charge is 2.11. The molecular weight excluding hydrogens is 376 g/mol. The molecule has 0 aliphatic rings. The molecule has 0 nitrogen and oxygen atoms in total. The lowest BCUT2D eigenvalue weighted by atomic mass is 9.98. The summed E-state index contributed by atoms with van der Waals surface area (Å²) in [5.41, 5.74) is 5.28. The Morgan fingerprint density at radius 1 is 0.950 bits per heavy atom. The summed E-state index contributed by atoms with van der Waals surface area (Å²) in [7, 11) is 0. The van der Waals surface area contributed by atoms with Crippen molar-refractivity contribution in [2.24, 2.45) is 5.92 Å². The first kappa shape index (κ1) is 15.8. The van der Waals surface area contributed by atoms with Gasteiger partial charge in [0.05, 0.1) is 4.83 Å². The summed E-state index contributed by atoms with van der Waals surface area (Å²) >= 11 is 7.36. The maximum Gasteiger partial charge on any atom is 0.0644 e. The molecule has 2 heteroatoms. The summed E-state index contributed by atoms with van der Waals surface area (Å²) in [4.78, 5) is 0.252. The lowest BCUT2D eigenvalue weighted by molar-refractivity contribution is 0.647. The molecule has 0 fully saturated rings. The van der Waals surface area contributed by atoms with Crippen LogP contribution in [0.1, 0.15) is 40.9 Å². The molecular formula is C18H20Br2. The Kier molecular flexibility index (Phi) is 5.45. The van der Waals surface area contributed by atoms with E-state index in [-0.39, 0.29) is 4.83 Å². The molecule has 1 atom stereocenters. The first-order valence-corrected chi connectivity index (χ1v) is 8.67. The van der Waals surface area contributed by atoms with Gasteiger partial charge in [0.15, 0.2) is 0 Å². The van der Waals surface area contributed by atoms with Crippen molar-refractivity contribution < 1.29 is 0 Å². The molecule has 2 rings (SSSR count). The second kappa shape index (κ2) is 6.91. The number of hydrogen-bond acceptors (Lipinski definition) is 0. The van der Waals surface area contributed by atoms with Crippen molar-refractivity contribution in [3.63, 3.8) is 0 Å². The van der Waals surface area contributed by atoms with Crippen LogP contribution in [0.15, 0.2) is 46.9 Å². The number of aryl methyl sites for hydroxylation is 1. The molecule has 0 heterocycles. The van der Waals surface area contributed by atoms with Crippen molar-refractivity contribution in [2.75, 3.05) is 0 Å². The Balaban J connectivity index is 2.20. The van der Waals surface area contributed by atoms with Crippen LogP contribution in [0.2, 0.25) is 0 Å². The van der Waals surface area contributed by atoms with Gasteiger partial charge in [-0.3, -0.25) is 0 Å². The van der Waals surface area contributed by atoms with E-state index in [0.717, 1.165) is 10.9 Å². The first-order valence-electron chi connectivity index (χ1n) is 6.96. The van der Waals surface area contributed by atoms with Gasteiger partial charge in [0.2, 0.25) is 0 Å². The van der Waals surface area contributed by atoms with Crippen LogP contribution in [0.3, 0.4) is 0 Å². The lowest BCUT2D eigenvalue weighted by Crippen LogP contribution is -1.97. The van der Waals surface area contributed by atoms with Gasteiger partial charge in [-0.15, -0.1) is 0 Å². The van der Waals surface area contributed by atoms with Gasteiger partial charge in [0, 0.05) is 4.47 Å². The molecule has 0 spiro atoms. The standard InChI is InChI=1S/C18H20Br2/c1-12(2)10-14-4-6-15(7-5-14)18(20)16-8-9-17(19)13(3)11-16/h4-9,11-12,18H,10H2,1-3H3. The molecule has 0 radical (unpaired) electrons. The van der Waals surface area contributed by atoms with Crippen LogP contribution in [0, 0.1) is 12.8 Å². The van der Waals surface area contributed by atoms with Gasteiger partial charge >= 0.3 is 0 Å². The van der Waals surface area contributed by atoms with Crippen molar-refractivity contribution in [3.8, 4) is 0 Å². The maximum atomic E-state index is 3.81. The minimum Gasteiger partial charge on any atom is -0.0786 e. The molecule has 106 valence electrons. The summed E-state index contributed by atoms with van der Waals surface area (Å²) in [6, 6.07) is 15.5. The van der Waals surface area contributed by atoms with Crippen molar-refractivity contribution >= 4 is 31.9 Å². The third-order valence-electron chi connectivity index (χ3n) is 3.39. The highest BCUT2D eigenvalue weighted by atomic mass is 79.9. The highest BCUT2D eigenvalue weighted by Crippen LogP contribution is 2.32. The topological polar surface area (TPSA) is 0 Å². The molecule has 0 aliphatic carbocycles. The second-order valence-corrected chi connectivity index (χ2v) is 7.48. The summed E-state index contributed by atoms with van der Waals surface area (Å²) in [6.07, 6.45) is 1.14. The van der Waals surface area contributed by atoms with E-state index in [2.05, 4.69) is 95.1 Å². The molecule has 2 aromatic carbocycles. The van der Waals surface area contributed by atoms with Crippen molar-refractivity contribution in [1.82, 2.24) is 0 Å². The van der Waals surface area contributed by atoms with Crippen molar-refractivity contribution in [1.29, 1.82) is 0 Å². The summed E-state index contributed by atoms with van der Waals surface area (Å²) < 4.78 is 1.16. The predicted molar refractivity (Wildman–Crippen MR) is 94.6 cm³/mol. The van der Waals surface area contributed by atoms with Crippen LogP contribution in [-0.2, 0) is 6.42 Å². The first-order chi connectivity index (χ1) is 9.47. The summed E-state index contributed by atoms with van der Waals surface area (Å²) in [5, 5.41) is 0.